The van der Waals surface area contributed by atoms with Crippen LogP contribution >= 0.6 is 0 Å². The standard InChI is InChI=1S/C45H25N3O/c1-2-12-31-26(8-1)18-19-29-11-6-15-36(40(29)31)44-46-43(35-25-23-30-21-20-27-9-5-10-28-22-24-33(35)41(30)39(27)28)47-45(48-44)37-16-7-14-34-32-13-3-4-17-38(32)49-42(34)37/h1-25H. The van der Waals surface area contributed by atoms with Crippen molar-refractivity contribution in [3.63, 3.8) is 0 Å². The van der Waals surface area contributed by atoms with Crippen LogP contribution < -0.4 is 0 Å². The van der Waals surface area contributed by atoms with Gasteiger partial charge in [0, 0.05) is 27.3 Å². The summed E-state index contributed by atoms with van der Waals surface area (Å²) < 4.78 is 6.50. The Morgan fingerprint density at radius 3 is 1.67 bits per heavy atom. The lowest BCUT2D eigenvalue weighted by molar-refractivity contribution is 0.669. The zero-order chi connectivity index (χ0) is 32.1. The molecule has 49 heavy (non-hydrogen) atoms. The monoisotopic (exact) mass is 623 g/mol. The Labute approximate surface area is 280 Å². The van der Waals surface area contributed by atoms with Crippen LogP contribution in [-0.2, 0) is 0 Å². The van der Waals surface area contributed by atoms with Crippen molar-refractivity contribution in [2.24, 2.45) is 0 Å². The van der Waals surface area contributed by atoms with Crippen LogP contribution in [0.1, 0.15) is 0 Å². The molecule has 11 aromatic rings. The molecule has 0 atom stereocenters. The first-order valence-corrected chi connectivity index (χ1v) is 16.5. The Kier molecular flexibility index (Phi) is 5.35. The zero-order valence-electron chi connectivity index (χ0n) is 26.2. The quantitative estimate of drug-likeness (QED) is 0.184. The fourth-order valence-corrected chi connectivity index (χ4v) is 7.84. The first-order valence-electron chi connectivity index (χ1n) is 16.5. The van der Waals surface area contributed by atoms with Gasteiger partial charge in [0.15, 0.2) is 17.5 Å². The number of benzene rings is 9. The van der Waals surface area contributed by atoms with Gasteiger partial charge in [0.2, 0.25) is 0 Å². The molecular formula is C45H25N3O. The van der Waals surface area contributed by atoms with Crippen molar-refractivity contribution < 1.29 is 4.42 Å². The number of rotatable bonds is 3. The van der Waals surface area contributed by atoms with Gasteiger partial charge in [-0.1, -0.05) is 133 Å². The molecule has 0 unspecified atom stereocenters. The Bertz CT molecular complexity index is 3110. The van der Waals surface area contributed by atoms with Gasteiger partial charge in [-0.3, -0.25) is 0 Å². The maximum atomic E-state index is 6.50. The summed E-state index contributed by atoms with van der Waals surface area (Å²) in [4.78, 5) is 15.8. The minimum absolute atomic E-state index is 0.576. The van der Waals surface area contributed by atoms with E-state index in [2.05, 4.69) is 133 Å². The second-order valence-electron chi connectivity index (χ2n) is 12.7. The first kappa shape index (κ1) is 26.4. The van der Waals surface area contributed by atoms with Crippen molar-refractivity contribution in [3.05, 3.63) is 152 Å². The summed E-state index contributed by atoms with van der Waals surface area (Å²) in [6, 6.07) is 53.3. The fraction of sp³-hybridized carbons (Fsp3) is 0. The SMILES string of the molecule is c1ccc2c(c1)ccc1cccc(-c3nc(-c4ccc5ccc6cccc7ccc4c5c67)nc(-c4cccc5c4oc4ccccc45)n3)c12. The fourth-order valence-electron chi connectivity index (χ4n) is 7.84. The van der Waals surface area contributed by atoms with Crippen LogP contribution in [0.4, 0.5) is 0 Å². The van der Waals surface area contributed by atoms with E-state index < -0.39 is 0 Å². The number of aromatic nitrogens is 3. The molecule has 0 radical (unpaired) electrons. The van der Waals surface area contributed by atoms with Crippen molar-refractivity contribution in [3.8, 4) is 34.2 Å². The molecule has 0 bridgehead atoms. The van der Waals surface area contributed by atoms with Crippen LogP contribution in [0.25, 0.3) is 110 Å². The van der Waals surface area contributed by atoms with Gasteiger partial charge in [0.05, 0.1) is 5.56 Å². The molecule has 0 amide bonds. The molecule has 4 heteroatoms. The van der Waals surface area contributed by atoms with Crippen LogP contribution in [0.5, 0.6) is 0 Å². The van der Waals surface area contributed by atoms with Crippen molar-refractivity contribution in [2.75, 3.05) is 0 Å². The molecule has 0 aliphatic heterocycles. The average Bonchev–Trinajstić information content (AvgIpc) is 3.55. The molecule has 0 N–H and O–H groups in total. The van der Waals surface area contributed by atoms with Gasteiger partial charge in [-0.25, -0.2) is 15.0 Å². The Morgan fingerprint density at radius 1 is 0.306 bits per heavy atom. The highest BCUT2D eigenvalue weighted by Gasteiger charge is 2.21. The number of furan rings is 1. The van der Waals surface area contributed by atoms with E-state index in [0.29, 0.717) is 17.5 Å². The molecule has 0 saturated carbocycles. The summed E-state index contributed by atoms with van der Waals surface area (Å²) in [7, 11) is 0. The topological polar surface area (TPSA) is 51.8 Å². The third-order valence-electron chi connectivity index (χ3n) is 10.1. The third-order valence-corrected chi connectivity index (χ3v) is 10.1. The zero-order valence-corrected chi connectivity index (χ0v) is 26.2. The Balaban J connectivity index is 1.25. The van der Waals surface area contributed by atoms with E-state index in [1.54, 1.807) is 0 Å². The summed E-state index contributed by atoms with van der Waals surface area (Å²) in [6.45, 7) is 0. The van der Waals surface area contributed by atoms with Crippen molar-refractivity contribution in [1.29, 1.82) is 0 Å². The van der Waals surface area contributed by atoms with E-state index in [4.69, 9.17) is 19.4 Å². The minimum atomic E-state index is 0.576. The molecule has 0 spiro atoms. The van der Waals surface area contributed by atoms with Crippen LogP contribution in [-0.4, -0.2) is 15.0 Å². The van der Waals surface area contributed by atoms with Crippen LogP contribution in [0.15, 0.2) is 156 Å². The molecule has 2 heterocycles. The lowest BCUT2D eigenvalue weighted by Crippen LogP contribution is -2.01. The maximum Gasteiger partial charge on any atom is 0.167 e. The summed E-state index contributed by atoms with van der Waals surface area (Å²) in [5.41, 5.74) is 4.38. The molecule has 9 aromatic carbocycles. The summed E-state index contributed by atoms with van der Waals surface area (Å²) >= 11 is 0. The summed E-state index contributed by atoms with van der Waals surface area (Å²) in [5.74, 6) is 1.83. The largest absolute Gasteiger partial charge is 0.455 e. The van der Waals surface area contributed by atoms with E-state index in [1.165, 1.54) is 37.7 Å². The first-order chi connectivity index (χ1) is 24.3. The minimum Gasteiger partial charge on any atom is -0.455 e. The molecule has 0 aliphatic rings. The highest BCUT2D eigenvalue weighted by atomic mass is 16.3. The molecule has 2 aromatic heterocycles. The average molecular weight is 624 g/mol. The molecular weight excluding hydrogens is 599 g/mol. The van der Waals surface area contributed by atoms with Gasteiger partial charge in [0.25, 0.3) is 0 Å². The van der Waals surface area contributed by atoms with Gasteiger partial charge in [0.1, 0.15) is 11.2 Å². The normalized spacial score (nSPS) is 12.1. The third kappa shape index (κ3) is 3.83. The van der Waals surface area contributed by atoms with Crippen LogP contribution in [0.3, 0.4) is 0 Å². The lowest BCUT2D eigenvalue weighted by atomic mass is 9.91. The number of fused-ring (bicyclic) bond motifs is 6. The molecule has 0 saturated heterocycles. The summed E-state index contributed by atoms with van der Waals surface area (Å²) in [5, 5.41) is 14.0. The van der Waals surface area contributed by atoms with Crippen molar-refractivity contribution >= 4 is 75.8 Å². The van der Waals surface area contributed by atoms with Crippen LogP contribution in [0.2, 0.25) is 0 Å². The molecule has 226 valence electrons. The second-order valence-corrected chi connectivity index (χ2v) is 12.7. The van der Waals surface area contributed by atoms with E-state index in [9.17, 15) is 0 Å². The Morgan fingerprint density at radius 2 is 0.837 bits per heavy atom. The van der Waals surface area contributed by atoms with E-state index in [0.717, 1.165) is 54.8 Å². The molecule has 0 aliphatic carbocycles. The predicted octanol–water partition coefficient (Wildman–Crippen LogP) is 12.0. The molecule has 4 nitrogen and oxygen atoms in total. The van der Waals surface area contributed by atoms with Gasteiger partial charge < -0.3 is 4.42 Å². The molecule has 11 rings (SSSR count). The highest BCUT2D eigenvalue weighted by Crippen LogP contribution is 2.41. The van der Waals surface area contributed by atoms with Gasteiger partial charge in [-0.2, -0.15) is 0 Å². The highest BCUT2D eigenvalue weighted by molar-refractivity contribution is 6.25. The number of nitrogens with zero attached hydrogens (tertiary/aromatic N) is 3. The van der Waals surface area contributed by atoms with Crippen molar-refractivity contribution in [2.45, 2.75) is 0 Å². The van der Waals surface area contributed by atoms with E-state index in [1.807, 2.05) is 18.2 Å². The molecule has 0 fully saturated rings. The van der Waals surface area contributed by atoms with E-state index >= 15 is 0 Å². The van der Waals surface area contributed by atoms with Gasteiger partial charge in [-0.15, -0.1) is 0 Å². The van der Waals surface area contributed by atoms with E-state index in [-0.39, 0.29) is 0 Å². The lowest BCUT2D eigenvalue weighted by Gasteiger charge is -2.15. The number of hydrogen-bond acceptors (Lipinski definition) is 4. The summed E-state index contributed by atoms with van der Waals surface area (Å²) in [6.07, 6.45) is 0. The smallest absolute Gasteiger partial charge is 0.167 e. The number of hydrogen-bond donors (Lipinski definition) is 0. The van der Waals surface area contributed by atoms with Gasteiger partial charge >= 0.3 is 0 Å². The predicted molar refractivity (Wildman–Crippen MR) is 202 cm³/mol. The Hall–Kier alpha value is -6.65. The number of para-hydroxylation sites is 2. The second kappa shape index (κ2) is 9.93. The van der Waals surface area contributed by atoms with Gasteiger partial charge in [-0.05, 0) is 66.7 Å². The van der Waals surface area contributed by atoms with Crippen molar-refractivity contribution in [1.82, 2.24) is 15.0 Å². The van der Waals surface area contributed by atoms with Crippen LogP contribution in [0, 0.1) is 0 Å². The maximum absolute atomic E-state index is 6.50.